The molecule has 2 rings (SSSR count). The van der Waals surface area contributed by atoms with Gasteiger partial charge in [0.2, 0.25) is 11.0 Å². The van der Waals surface area contributed by atoms with Crippen LogP contribution < -0.4 is 10.6 Å². The third kappa shape index (κ3) is 5.95. The summed E-state index contributed by atoms with van der Waals surface area (Å²) in [5, 5.41) is 12.1. The topological polar surface area (TPSA) is 96.1 Å². The predicted molar refractivity (Wildman–Crippen MR) is 98.9 cm³/mol. The number of ether oxygens (including phenoxy) is 1. The summed E-state index contributed by atoms with van der Waals surface area (Å²) in [4.78, 5) is 24.6. The van der Waals surface area contributed by atoms with Gasteiger partial charge in [0.15, 0.2) is 3.95 Å². The van der Waals surface area contributed by atoms with Crippen LogP contribution in [0.4, 0.5) is 9.93 Å². The summed E-state index contributed by atoms with van der Waals surface area (Å²) >= 11 is 6.08. The Hall–Kier alpha value is -2.26. The smallest absolute Gasteiger partial charge is 0.408 e. The van der Waals surface area contributed by atoms with Gasteiger partial charge in [-0.1, -0.05) is 62.4 Å². The maximum Gasteiger partial charge on any atom is 0.408 e. The van der Waals surface area contributed by atoms with Gasteiger partial charge in [0.25, 0.3) is 0 Å². The Kier molecular flexibility index (Phi) is 6.27. The molecule has 0 saturated carbocycles. The summed E-state index contributed by atoms with van der Waals surface area (Å²) in [6.07, 6.45) is -0.659. The van der Waals surface area contributed by atoms with Gasteiger partial charge < -0.3 is 10.1 Å². The Morgan fingerprint density at radius 1 is 1.32 bits per heavy atom. The number of hydrogen-bond acceptors (Lipinski definition) is 6. The first-order valence-electron chi connectivity index (χ1n) is 7.59. The highest BCUT2D eigenvalue weighted by Crippen LogP contribution is 2.22. The van der Waals surface area contributed by atoms with Crippen molar-refractivity contribution in [2.75, 3.05) is 5.32 Å². The molecule has 0 fully saturated rings. The van der Waals surface area contributed by atoms with Crippen LogP contribution in [0.3, 0.4) is 0 Å². The van der Waals surface area contributed by atoms with Crippen LogP contribution in [0, 0.1) is 9.37 Å². The van der Waals surface area contributed by atoms with E-state index in [2.05, 4.69) is 20.8 Å². The molecule has 1 aromatic carbocycles. The quantitative estimate of drug-likeness (QED) is 0.690. The lowest BCUT2D eigenvalue weighted by molar-refractivity contribution is -0.120. The van der Waals surface area contributed by atoms with Gasteiger partial charge in [-0.2, -0.15) is 0 Å². The van der Waals surface area contributed by atoms with Crippen LogP contribution in [0.2, 0.25) is 0 Å². The van der Waals surface area contributed by atoms with Crippen molar-refractivity contribution in [1.29, 1.82) is 0 Å². The minimum atomic E-state index is -0.798. The van der Waals surface area contributed by atoms with Crippen LogP contribution in [0.15, 0.2) is 30.3 Å². The molecule has 0 aliphatic heterocycles. The van der Waals surface area contributed by atoms with Gasteiger partial charge in [0.05, 0.1) is 0 Å². The molecule has 134 valence electrons. The zero-order chi connectivity index (χ0) is 18.4. The van der Waals surface area contributed by atoms with Crippen LogP contribution in [-0.2, 0) is 16.1 Å². The molecule has 1 aromatic heterocycles. The SMILES string of the molecule is CC(C)(C)C(NC(=O)OCc1ccccc1)C(=O)Nc1n[nH]c(=S)s1. The fourth-order valence-corrected chi connectivity index (χ4v) is 2.81. The monoisotopic (exact) mass is 380 g/mol. The normalized spacial score (nSPS) is 12.3. The minimum Gasteiger partial charge on any atom is -0.445 e. The first-order chi connectivity index (χ1) is 11.8. The summed E-state index contributed by atoms with van der Waals surface area (Å²) < 4.78 is 5.65. The number of nitrogens with zero attached hydrogens (tertiary/aromatic N) is 1. The van der Waals surface area contributed by atoms with Gasteiger partial charge in [-0.3, -0.25) is 15.2 Å². The average molecular weight is 380 g/mol. The number of carbonyl (C=O) groups excluding carboxylic acids is 2. The van der Waals surface area contributed by atoms with Crippen LogP contribution in [0.1, 0.15) is 26.3 Å². The van der Waals surface area contributed by atoms with Gasteiger partial charge in [-0.05, 0) is 23.2 Å². The van der Waals surface area contributed by atoms with E-state index in [4.69, 9.17) is 17.0 Å². The summed E-state index contributed by atoms with van der Waals surface area (Å²) in [5.74, 6) is -0.387. The molecule has 2 aromatic rings. The number of anilines is 1. The van der Waals surface area contributed by atoms with Crippen molar-refractivity contribution in [3.05, 3.63) is 39.8 Å². The molecule has 3 N–H and O–H groups in total. The van der Waals surface area contributed by atoms with E-state index in [1.54, 1.807) is 0 Å². The van der Waals surface area contributed by atoms with E-state index in [9.17, 15) is 9.59 Å². The molecule has 25 heavy (non-hydrogen) atoms. The number of nitrogens with one attached hydrogen (secondary N) is 3. The highest BCUT2D eigenvalue weighted by molar-refractivity contribution is 7.73. The van der Waals surface area contributed by atoms with Gasteiger partial charge in [0, 0.05) is 0 Å². The van der Waals surface area contributed by atoms with Crippen LogP contribution >= 0.6 is 23.6 Å². The van der Waals surface area contributed by atoms with Gasteiger partial charge >= 0.3 is 6.09 Å². The Labute approximate surface area is 154 Å². The molecule has 1 unspecified atom stereocenters. The first-order valence-corrected chi connectivity index (χ1v) is 8.82. The summed E-state index contributed by atoms with van der Waals surface area (Å²) in [7, 11) is 0. The van der Waals surface area contributed by atoms with Crippen molar-refractivity contribution in [2.24, 2.45) is 5.41 Å². The third-order valence-electron chi connectivity index (χ3n) is 3.27. The highest BCUT2D eigenvalue weighted by atomic mass is 32.1. The zero-order valence-corrected chi connectivity index (χ0v) is 15.8. The Morgan fingerprint density at radius 2 is 2.00 bits per heavy atom. The second kappa shape index (κ2) is 8.21. The summed E-state index contributed by atoms with van der Waals surface area (Å²) in [6, 6.07) is 8.52. The van der Waals surface area contributed by atoms with Gasteiger partial charge in [-0.25, -0.2) is 4.79 Å². The summed E-state index contributed by atoms with van der Waals surface area (Å²) in [6.45, 7) is 5.68. The van der Waals surface area contributed by atoms with Crippen molar-refractivity contribution in [3.63, 3.8) is 0 Å². The molecule has 2 amide bonds. The molecule has 0 spiro atoms. The van der Waals surface area contributed by atoms with Crippen LogP contribution in [0.5, 0.6) is 0 Å². The molecule has 9 heteroatoms. The molecule has 1 heterocycles. The lowest BCUT2D eigenvalue weighted by Crippen LogP contribution is -2.51. The third-order valence-corrected chi connectivity index (χ3v) is 4.28. The fraction of sp³-hybridized carbons (Fsp3) is 0.375. The highest BCUT2D eigenvalue weighted by Gasteiger charge is 2.33. The Morgan fingerprint density at radius 3 is 2.56 bits per heavy atom. The number of aromatic nitrogens is 2. The number of carbonyl (C=O) groups is 2. The van der Waals surface area contributed by atoms with E-state index in [1.807, 2.05) is 51.1 Å². The molecule has 0 radical (unpaired) electrons. The predicted octanol–water partition coefficient (Wildman–Crippen LogP) is 3.48. The minimum absolute atomic E-state index is 0.131. The van der Waals surface area contributed by atoms with E-state index in [0.29, 0.717) is 9.09 Å². The number of H-pyrrole nitrogens is 1. The standard InChI is InChI=1S/C16H20N4O3S2/c1-16(2,3)11(12(21)18-13-19-20-15(24)25-13)17-14(22)23-9-10-7-5-4-6-8-10/h4-8,11H,9H2,1-3H3,(H,17,22)(H,20,24)(H,18,19,21). The van der Waals surface area contributed by atoms with E-state index >= 15 is 0 Å². The van der Waals surface area contributed by atoms with Gasteiger partial charge in [-0.15, -0.1) is 5.10 Å². The van der Waals surface area contributed by atoms with E-state index in [-0.39, 0.29) is 12.5 Å². The molecular weight excluding hydrogens is 360 g/mol. The second-order valence-electron chi connectivity index (χ2n) is 6.41. The summed E-state index contributed by atoms with van der Waals surface area (Å²) in [5.41, 5.74) is 0.346. The number of rotatable bonds is 5. The van der Waals surface area contributed by atoms with Gasteiger partial charge in [0.1, 0.15) is 12.6 Å². The maximum atomic E-state index is 12.5. The Bertz CT molecular complexity index is 780. The number of benzene rings is 1. The lowest BCUT2D eigenvalue weighted by atomic mass is 9.86. The molecule has 0 saturated heterocycles. The van der Waals surface area contributed by atoms with Crippen molar-refractivity contribution >= 4 is 40.7 Å². The van der Waals surface area contributed by atoms with Crippen molar-refractivity contribution in [3.8, 4) is 0 Å². The lowest BCUT2D eigenvalue weighted by Gasteiger charge is -2.29. The molecule has 0 aliphatic carbocycles. The largest absolute Gasteiger partial charge is 0.445 e. The Balaban J connectivity index is 1.98. The molecule has 0 bridgehead atoms. The van der Waals surface area contributed by atoms with Crippen LogP contribution in [-0.4, -0.2) is 28.2 Å². The molecule has 0 aliphatic rings. The molecule has 7 nitrogen and oxygen atoms in total. The maximum absolute atomic E-state index is 12.5. The number of amides is 2. The second-order valence-corrected chi connectivity index (χ2v) is 8.08. The fourth-order valence-electron chi connectivity index (χ4n) is 2.02. The van der Waals surface area contributed by atoms with Crippen molar-refractivity contribution < 1.29 is 14.3 Å². The van der Waals surface area contributed by atoms with E-state index in [1.165, 1.54) is 0 Å². The average Bonchev–Trinajstić information content (AvgIpc) is 2.95. The van der Waals surface area contributed by atoms with Crippen molar-refractivity contribution in [1.82, 2.24) is 15.5 Å². The molecule has 1 atom stereocenters. The van der Waals surface area contributed by atoms with E-state index < -0.39 is 17.6 Å². The number of alkyl carbamates (subject to hydrolysis) is 1. The van der Waals surface area contributed by atoms with E-state index in [0.717, 1.165) is 16.9 Å². The number of hydrogen-bond donors (Lipinski definition) is 3. The first kappa shape index (κ1) is 19.1. The zero-order valence-electron chi connectivity index (χ0n) is 14.2. The van der Waals surface area contributed by atoms with Crippen LogP contribution in [0.25, 0.3) is 0 Å². The van der Waals surface area contributed by atoms with Crippen molar-refractivity contribution in [2.45, 2.75) is 33.4 Å². The molecular formula is C16H20N4O3S2. The number of aromatic amines is 1.